The molecule has 25 heavy (non-hydrogen) atoms. The lowest BCUT2D eigenvalue weighted by Gasteiger charge is -2.20. The van der Waals surface area contributed by atoms with Crippen molar-refractivity contribution in [3.63, 3.8) is 0 Å². The fraction of sp³-hybridized carbons (Fsp3) is 0.278. The summed E-state index contributed by atoms with van der Waals surface area (Å²) in [5, 5.41) is 0.398. The van der Waals surface area contributed by atoms with Crippen molar-refractivity contribution < 1.29 is 13.2 Å². The average Bonchev–Trinajstić information content (AvgIpc) is 2.97. The van der Waals surface area contributed by atoms with Crippen molar-refractivity contribution in [1.82, 2.24) is 0 Å². The lowest BCUT2D eigenvalue weighted by molar-refractivity contribution is -0.117. The zero-order chi connectivity index (χ0) is 18.2. The molecule has 1 aliphatic rings. The first-order valence-corrected chi connectivity index (χ1v) is 9.84. The number of rotatable bonds is 4. The first-order chi connectivity index (χ1) is 11.8. The van der Waals surface area contributed by atoms with Gasteiger partial charge in [0.15, 0.2) is 0 Å². The van der Waals surface area contributed by atoms with E-state index in [1.807, 2.05) is 13.0 Å². The standard InChI is InChI=1S/C18H19ClN2O3S/c1-12-8-9-14(11-16(12)21-10-4-7-18(21)22)20-25(23,24)17-6-3-5-15(19)13(17)2/h3,5-6,8-9,11,20H,4,7,10H2,1-2H3. The highest BCUT2D eigenvalue weighted by Crippen LogP contribution is 2.30. The second-order valence-electron chi connectivity index (χ2n) is 6.12. The van der Waals surface area contributed by atoms with Gasteiger partial charge in [0.25, 0.3) is 10.0 Å². The Morgan fingerprint density at radius 2 is 1.92 bits per heavy atom. The van der Waals surface area contributed by atoms with E-state index in [2.05, 4.69) is 4.72 Å². The maximum absolute atomic E-state index is 12.7. The van der Waals surface area contributed by atoms with Gasteiger partial charge >= 0.3 is 0 Å². The van der Waals surface area contributed by atoms with E-state index in [0.29, 0.717) is 29.2 Å². The fourth-order valence-electron chi connectivity index (χ4n) is 2.96. The molecule has 1 fully saturated rings. The first kappa shape index (κ1) is 17.8. The maximum atomic E-state index is 12.7. The number of nitrogens with zero attached hydrogens (tertiary/aromatic N) is 1. The summed E-state index contributed by atoms with van der Waals surface area (Å²) in [6, 6.07) is 9.98. The lowest BCUT2D eigenvalue weighted by Crippen LogP contribution is -2.24. The van der Waals surface area contributed by atoms with E-state index in [9.17, 15) is 13.2 Å². The molecule has 0 aliphatic carbocycles. The summed E-state index contributed by atoms with van der Waals surface area (Å²) in [6.45, 7) is 4.23. The summed E-state index contributed by atoms with van der Waals surface area (Å²) in [5.41, 5.74) is 2.58. The monoisotopic (exact) mass is 378 g/mol. The van der Waals surface area contributed by atoms with Crippen molar-refractivity contribution in [2.24, 2.45) is 0 Å². The zero-order valence-corrected chi connectivity index (χ0v) is 15.6. The van der Waals surface area contributed by atoms with Gasteiger partial charge < -0.3 is 4.90 Å². The summed E-state index contributed by atoms with van der Waals surface area (Å²) in [6.07, 6.45) is 1.34. The number of carbonyl (C=O) groups excluding carboxylic acids is 1. The van der Waals surface area contributed by atoms with E-state index in [-0.39, 0.29) is 10.8 Å². The van der Waals surface area contributed by atoms with Gasteiger partial charge in [0, 0.05) is 23.7 Å². The SMILES string of the molecule is Cc1ccc(NS(=O)(=O)c2cccc(Cl)c2C)cc1N1CCCC1=O. The van der Waals surface area contributed by atoms with Crippen LogP contribution in [0.4, 0.5) is 11.4 Å². The Morgan fingerprint density at radius 1 is 1.16 bits per heavy atom. The molecule has 0 atom stereocenters. The van der Waals surface area contributed by atoms with E-state index in [4.69, 9.17) is 11.6 Å². The van der Waals surface area contributed by atoms with E-state index in [1.165, 1.54) is 6.07 Å². The Morgan fingerprint density at radius 3 is 2.60 bits per heavy atom. The third-order valence-corrected chi connectivity index (χ3v) is 6.27. The second kappa shape index (κ2) is 6.69. The number of amides is 1. The number of nitrogens with one attached hydrogen (secondary N) is 1. The van der Waals surface area contributed by atoms with Gasteiger partial charge in [-0.1, -0.05) is 23.7 Å². The number of carbonyl (C=O) groups is 1. The largest absolute Gasteiger partial charge is 0.312 e. The Kier molecular flexibility index (Phi) is 4.75. The molecule has 0 spiro atoms. The molecule has 1 aliphatic heterocycles. The quantitative estimate of drug-likeness (QED) is 0.877. The molecule has 2 aromatic carbocycles. The topological polar surface area (TPSA) is 66.5 Å². The third-order valence-electron chi connectivity index (χ3n) is 4.33. The highest BCUT2D eigenvalue weighted by atomic mass is 35.5. The molecule has 7 heteroatoms. The fourth-order valence-corrected chi connectivity index (χ4v) is 4.50. The Hall–Kier alpha value is -2.05. The van der Waals surface area contributed by atoms with Gasteiger partial charge in [-0.3, -0.25) is 9.52 Å². The highest BCUT2D eigenvalue weighted by molar-refractivity contribution is 7.92. The van der Waals surface area contributed by atoms with Crippen molar-refractivity contribution in [1.29, 1.82) is 0 Å². The van der Waals surface area contributed by atoms with Crippen molar-refractivity contribution in [2.75, 3.05) is 16.2 Å². The number of halogens is 1. The molecule has 1 N–H and O–H groups in total. The van der Waals surface area contributed by atoms with Crippen LogP contribution in [0.1, 0.15) is 24.0 Å². The molecule has 3 rings (SSSR count). The minimum Gasteiger partial charge on any atom is -0.312 e. The Balaban J connectivity index is 1.95. The predicted octanol–water partition coefficient (Wildman–Crippen LogP) is 3.88. The molecule has 2 aromatic rings. The summed E-state index contributed by atoms with van der Waals surface area (Å²) >= 11 is 6.03. The summed E-state index contributed by atoms with van der Waals surface area (Å²) in [7, 11) is -3.77. The molecule has 1 saturated heterocycles. The number of sulfonamides is 1. The van der Waals surface area contributed by atoms with Gasteiger partial charge in [-0.15, -0.1) is 0 Å². The van der Waals surface area contributed by atoms with Crippen LogP contribution in [0.15, 0.2) is 41.3 Å². The number of benzene rings is 2. The molecule has 132 valence electrons. The Bertz CT molecular complexity index is 941. The highest BCUT2D eigenvalue weighted by Gasteiger charge is 2.24. The molecular weight excluding hydrogens is 360 g/mol. The van der Waals surface area contributed by atoms with E-state index in [0.717, 1.165) is 17.7 Å². The molecule has 0 aromatic heterocycles. The molecular formula is C18H19ClN2O3S. The maximum Gasteiger partial charge on any atom is 0.262 e. The molecule has 1 heterocycles. The number of aryl methyl sites for hydroxylation is 1. The van der Waals surface area contributed by atoms with Crippen LogP contribution in [0.25, 0.3) is 0 Å². The molecule has 0 radical (unpaired) electrons. The average molecular weight is 379 g/mol. The minimum atomic E-state index is -3.77. The molecule has 1 amide bonds. The predicted molar refractivity (Wildman–Crippen MR) is 99.8 cm³/mol. The lowest BCUT2D eigenvalue weighted by atomic mass is 10.1. The number of hydrogen-bond acceptors (Lipinski definition) is 3. The van der Waals surface area contributed by atoms with Crippen LogP contribution < -0.4 is 9.62 Å². The number of hydrogen-bond donors (Lipinski definition) is 1. The minimum absolute atomic E-state index is 0.0637. The van der Waals surface area contributed by atoms with E-state index < -0.39 is 10.0 Å². The smallest absolute Gasteiger partial charge is 0.262 e. The van der Waals surface area contributed by atoms with Gasteiger partial charge in [-0.05, 0) is 55.7 Å². The van der Waals surface area contributed by atoms with Crippen LogP contribution in [-0.2, 0) is 14.8 Å². The van der Waals surface area contributed by atoms with Crippen molar-refractivity contribution in [3.8, 4) is 0 Å². The normalized spacial score (nSPS) is 14.8. The summed E-state index contributed by atoms with van der Waals surface area (Å²) in [4.78, 5) is 13.8. The third kappa shape index (κ3) is 3.50. The van der Waals surface area contributed by atoms with Gasteiger partial charge in [0.05, 0.1) is 10.6 Å². The Labute approximate surface area is 152 Å². The van der Waals surface area contributed by atoms with Crippen molar-refractivity contribution in [3.05, 3.63) is 52.5 Å². The van der Waals surface area contributed by atoms with Gasteiger partial charge in [-0.2, -0.15) is 0 Å². The van der Waals surface area contributed by atoms with Gasteiger partial charge in [-0.25, -0.2) is 8.42 Å². The van der Waals surface area contributed by atoms with Crippen LogP contribution in [0.2, 0.25) is 5.02 Å². The van der Waals surface area contributed by atoms with E-state index in [1.54, 1.807) is 36.1 Å². The molecule has 5 nitrogen and oxygen atoms in total. The van der Waals surface area contributed by atoms with Crippen molar-refractivity contribution >= 4 is 38.9 Å². The summed E-state index contributed by atoms with van der Waals surface area (Å²) < 4.78 is 28.0. The van der Waals surface area contributed by atoms with Crippen LogP contribution in [0.3, 0.4) is 0 Å². The molecule has 0 bridgehead atoms. The second-order valence-corrected chi connectivity index (χ2v) is 8.18. The van der Waals surface area contributed by atoms with E-state index >= 15 is 0 Å². The zero-order valence-electron chi connectivity index (χ0n) is 14.0. The van der Waals surface area contributed by atoms with Crippen LogP contribution in [0.5, 0.6) is 0 Å². The van der Waals surface area contributed by atoms with Gasteiger partial charge in [0.1, 0.15) is 0 Å². The number of anilines is 2. The molecule has 0 saturated carbocycles. The van der Waals surface area contributed by atoms with Crippen LogP contribution in [-0.4, -0.2) is 20.9 Å². The van der Waals surface area contributed by atoms with Crippen LogP contribution in [0, 0.1) is 13.8 Å². The summed E-state index contributed by atoms with van der Waals surface area (Å²) in [5.74, 6) is 0.0637. The van der Waals surface area contributed by atoms with Gasteiger partial charge in [0.2, 0.25) is 5.91 Å². The molecule has 0 unspecified atom stereocenters. The van der Waals surface area contributed by atoms with Crippen LogP contribution >= 0.6 is 11.6 Å². The van der Waals surface area contributed by atoms with Crippen molar-refractivity contribution in [2.45, 2.75) is 31.6 Å². The first-order valence-electron chi connectivity index (χ1n) is 7.98.